The number of imidazole rings is 1. The first kappa shape index (κ1) is 12.1. The Labute approximate surface area is 102 Å². The number of hydrogen-bond acceptors (Lipinski definition) is 2. The number of fused-ring (bicyclic) bond motifs is 1. The molecule has 17 heavy (non-hydrogen) atoms. The van der Waals surface area contributed by atoms with Crippen LogP contribution in [0.15, 0.2) is 12.1 Å². The zero-order chi connectivity index (χ0) is 12.8. The fraction of sp³-hybridized carbons (Fsp3) is 0.500. The number of aromatic amines is 1. The Balaban J connectivity index is 2.56. The smallest absolute Gasteiger partial charge is 0.124 e. The third-order valence-corrected chi connectivity index (χ3v) is 3.17. The lowest BCUT2D eigenvalue weighted by Gasteiger charge is -2.24. The summed E-state index contributed by atoms with van der Waals surface area (Å²) in [4.78, 5) is 7.99. The number of benzene rings is 1. The predicted molar refractivity (Wildman–Crippen MR) is 72.0 cm³/mol. The molecule has 0 aliphatic carbocycles. The van der Waals surface area contributed by atoms with Gasteiger partial charge in [0, 0.05) is 0 Å². The highest BCUT2D eigenvalue weighted by Crippen LogP contribution is 2.30. The highest BCUT2D eigenvalue weighted by Gasteiger charge is 2.25. The first-order valence-corrected chi connectivity index (χ1v) is 6.01. The van der Waals surface area contributed by atoms with Gasteiger partial charge in [-0.1, -0.05) is 26.8 Å². The van der Waals surface area contributed by atoms with E-state index in [-0.39, 0.29) is 11.5 Å². The molecule has 2 rings (SSSR count). The zero-order valence-electron chi connectivity index (χ0n) is 11.3. The minimum Gasteiger partial charge on any atom is -0.341 e. The van der Waals surface area contributed by atoms with Crippen molar-refractivity contribution < 1.29 is 0 Å². The Bertz CT molecular complexity index is 546. The molecule has 0 bridgehead atoms. The largest absolute Gasteiger partial charge is 0.341 e. The number of aromatic nitrogens is 2. The summed E-state index contributed by atoms with van der Waals surface area (Å²) >= 11 is 0. The van der Waals surface area contributed by atoms with Crippen LogP contribution >= 0.6 is 0 Å². The molecule has 0 aliphatic heterocycles. The molecular formula is C14H21N3. The highest BCUT2D eigenvalue weighted by atomic mass is 15.0. The van der Waals surface area contributed by atoms with Gasteiger partial charge in [0.1, 0.15) is 5.82 Å². The fourth-order valence-corrected chi connectivity index (χ4v) is 2.05. The van der Waals surface area contributed by atoms with Gasteiger partial charge in [-0.2, -0.15) is 0 Å². The van der Waals surface area contributed by atoms with E-state index in [1.165, 1.54) is 11.1 Å². The molecule has 1 aromatic heterocycles. The van der Waals surface area contributed by atoms with Crippen LogP contribution in [0, 0.1) is 19.3 Å². The number of rotatable bonds is 1. The molecule has 3 nitrogen and oxygen atoms in total. The molecule has 0 fully saturated rings. The van der Waals surface area contributed by atoms with Crippen LogP contribution in [0.3, 0.4) is 0 Å². The van der Waals surface area contributed by atoms with E-state index in [9.17, 15) is 0 Å². The van der Waals surface area contributed by atoms with E-state index in [1.807, 2.05) is 0 Å². The van der Waals surface area contributed by atoms with Crippen molar-refractivity contribution in [1.82, 2.24) is 9.97 Å². The molecule has 1 aromatic carbocycles. The molecule has 3 heteroatoms. The van der Waals surface area contributed by atoms with Crippen molar-refractivity contribution in [2.45, 2.75) is 40.7 Å². The van der Waals surface area contributed by atoms with E-state index in [1.54, 1.807) is 0 Å². The molecule has 1 atom stereocenters. The van der Waals surface area contributed by atoms with Crippen molar-refractivity contribution in [1.29, 1.82) is 0 Å². The standard InChI is InChI=1S/C14H21N3/c1-8-6-9(2)11-10(7-8)16-13(17-11)12(15)14(3,4)5/h6-7,12H,15H2,1-5H3,(H,16,17). The number of nitrogens with zero attached hydrogens (tertiary/aromatic N) is 1. The summed E-state index contributed by atoms with van der Waals surface area (Å²) in [6, 6.07) is 4.19. The van der Waals surface area contributed by atoms with E-state index in [0.717, 1.165) is 16.9 Å². The number of nitrogens with one attached hydrogen (secondary N) is 1. The Morgan fingerprint density at radius 3 is 2.47 bits per heavy atom. The monoisotopic (exact) mass is 231 g/mol. The van der Waals surface area contributed by atoms with Gasteiger partial charge in [-0.3, -0.25) is 0 Å². The average Bonchev–Trinajstić information content (AvgIpc) is 2.58. The van der Waals surface area contributed by atoms with Crippen molar-refractivity contribution >= 4 is 11.0 Å². The molecule has 0 saturated carbocycles. The van der Waals surface area contributed by atoms with Crippen LogP contribution < -0.4 is 5.73 Å². The van der Waals surface area contributed by atoms with Crippen LogP contribution in [0.4, 0.5) is 0 Å². The third kappa shape index (κ3) is 2.20. The van der Waals surface area contributed by atoms with Crippen LogP contribution in [0.1, 0.15) is 43.8 Å². The Morgan fingerprint density at radius 1 is 1.24 bits per heavy atom. The number of nitrogens with two attached hydrogens (primary N) is 1. The summed E-state index contributed by atoms with van der Waals surface area (Å²) < 4.78 is 0. The molecule has 3 N–H and O–H groups in total. The topological polar surface area (TPSA) is 54.7 Å². The molecular weight excluding hydrogens is 210 g/mol. The van der Waals surface area contributed by atoms with E-state index < -0.39 is 0 Å². The summed E-state index contributed by atoms with van der Waals surface area (Å²) in [5, 5.41) is 0. The first-order chi connectivity index (χ1) is 7.79. The van der Waals surface area contributed by atoms with Crippen molar-refractivity contribution in [2.24, 2.45) is 11.1 Å². The highest BCUT2D eigenvalue weighted by molar-refractivity contribution is 5.79. The second-order valence-corrected chi connectivity index (χ2v) is 5.94. The molecule has 2 aromatic rings. The normalized spacial score (nSPS) is 14.2. The van der Waals surface area contributed by atoms with Gasteiger partial charge < -0.3 is 10.7 Å². The first-order valence-electron chi connectivity index (χ1n) is 6.01. The average molecular weight is 231 g/mol. The van der Waals surface area contributed by atoms with Crippen molar-refractivity contribution in [3.8, 4) is 0 Å². The van der Waals surface area contributed by atoms with Crippen molar-refractivity contribution in [3.05, 3.63) is 29.1 Å². The Hall–Kier alpha value is -1.35. The summed E-state index contributed by atoms with van der Waals surface area (Å²) in [5.74, 6) is 0.876. The van der Waals surface area contributed by atoms with Gasteiger partial charge in [-0.15, -0.1) is 0 Å². The SMILES string of the molecule is Cc1cc(C)c2nc(C(N)C(C)(C)C)[nH]c2c1. The molecule has 0 saturated heterocycles. The van der Waals surface area contributed by atoms with Gasteiger partial charge in [-0.25, -0.2) is 4.98 Å². The lowest BCUT2D eigenvalue weighted by atomic mass is 9.87. The number of aryl methyl sites for hydroxylation is 2. The van der Waals surface area contributed by atoms with Crippen molar-refractivity contribution in [3.63, 3.8) is 0 Å². The quantitative estimate of drug-likeness (QED) is 0.791. The van der Waals surface area contributed by atoms with Crippen LogP contribution in [-0.4, -0.2) is 9.97 Å². The molecule has 1 heterocycles. The summed E-state index contributed by atoms with van der Waals surface area (Å²) in [6.45, 7) is 10.6. The van der Waals surface area contributed by atoms with Gasteiger partial charge in [0.25, 0.3) is 0 Å². The second-order valence-electron chi connectivity index (χ2n) is 5.94. The lowest BCUT2D eigenvalue weighted by molar-refractivity contribution is 0.317. The Kier molecular flexibility index (Phi) is 2.74. The minimum absolute atomic E-state index is 0.0107. The van der Waals surface area contributed by atoms with Gasteiger partial charge in [0.05, 0.1) is 17.1 Å². The van der Waals surface area contributed by atoms with Crippen LogP contribution in [0.2, 0.25) is 0 Å². The number of H-pyrrole nitrogens is 1. The summed E-state index contributed by atoms with van der Waals surface area (Å²) in [5.41, 5.74) is 10.8. The maximum atomic E-state index is 6.23. The van der Waals surface area contributed by atoms with Crippen LogP contribution in [-0.2, 0) is 0 Å². The molecule has 0 amide bonds. The summed E-state index contributed by atoms with van der Waals surface area (Å²) in [7, 11) is 0. The molecule has 0 radical (unpaired) electrons. The zero-order valence-corrected chi connectivity index (χ0v) is 11.3. The maximum absolute atomic E-state index is 6.23. The van der Waals surface area contributed by atoms with Gasteiger partial charge in [0.2, 0.25) is 0 Å². The van der Waals surface area contributed by atoms with Gasteiger partial charge >= 0.3 is 0 Å². The van der Waals surface area contributed by atoms with E-state index in [0.29, 0.717) is 0 Å². The van der Waals surface area contributed by atoms with Crippen molar-refractivity contribution in [2.75, 3.05) is 0 Å². The van der Waals surface area contributed by atoms with Crippen LogP contribution in [0.25, 0.3) is 11.0 Å². The third-order valence-electron chi connectivity index (χ3n) is 3.17. The van der Waals surface area contributed by atoms with Crippen LogP contribution in [0.5, 0.6) is 0 Å². The number of hydrogen-bond donors (Lipinski definition) is 2. The molecule has 0 spiro atoms. The maximum Gasteiger partial charge on any atom is 0.124 e. The summed E-state index contributed by atoms with van der Waals surface area (Å²) in [6.07, 6.45) is 0. The van der Waals surface area contributed by atoms with E-state index in [4.69, 9.17) is 5.73 Å². The van der Waals surface area contributed by atoms with E-state index in [2.05, 4.69) is 56.7 Å². The molecule has 1 unspecified atom stereocenters. The van der Waals surface area contributed by atoms with Gasteiger partial charge in [0.15, 0.2) is 0 Å². The molecule has 92 valence electrons. The lowest BCUT2D eigenvalue weighted by Crippen LogP contribution is -2.27. The Morgan fingerprint density at radius 2 is 1.88 bits per heavy atom. The second kappa shape index (κ2) is 3.84. The van der Waals surface area contributed by atoms with Gasteiger partial charge in [-0.05, 0) is 36.5 Å². The van der Waals surface area contributed by atoms with E-state index >= 15 is 0 Å². The fourth-order valence-electron chi connectivity index (χ4n) is 2.05. The predicted octanol–water partition coefficient (Wildman–Crippen LogP) is 3.23. The molecule has 0 aliphatic rings. The minimum atomic E-state index is -0.0744.